The average molecular weight is 419 g/mol. The predicted octanol–water partition coefficient (Wildman–Crippen LogP) is 2.84. The van der Waals surface area contributed by atoms with Gasteiger partial charge in [0.05, 0.1) is 26.2 Å². The Balaban J connectivity index is 2.00. The molecule has 1 aliphatic heterocycles. The molecule has 0 spiro atoms. The largest absolute Gasteiger partial charge is 0.493 e. The maximum atomic E-state index is 13.4. The summed E-state index contributed by atoms with van der Waals surface area (Å²) in [6.45, 7) is 2.17. The van der Waals surface area contributed by atoms with Crippen LogP contribution in [0.25, 0.3) is 0 Å². The van der Waals surface area contributed by atoms with Crippen molar-refractivity contribution in [2.24, 2.45) is 0 Å². The lowest BCUT2D eigenvalue weighted by Crippen LogP contribution is -2.50. The molecular formula is C21H26N2O5S. The predicted molar refractivity (Wildman–Crippen MR) is 113 cm³/mol. The summed E-state index contributed by atoms with van der Waals surface area (Å²) in [5.41, 5.74) is 2.28. The van der Waals surface area contributed by atoms with Gasteiger partial charge in [-0.1, -0.05) is 18.2 Å². The van der Waals surface area contributed by atoms with Crippen molar-refractivity contribution in [3.8, 4) is 11.5 Å². The number of amides is 1. The third-order valence-corrected chi connectivity index (χ3v) is 6.31. The first-order chi connectivity index (χ1) is 13.8. The summed E-state index contributed by atoms with van der Waals surface area (Å²) < 4.78 is 37.0. The molecule has 0 saturated heterocycles. The van der Waals surface area contributed by atoms with Gasteiger partial charge in [0.25, 0.3) is 5.91 Å². The molecule has 2 aromatic rings. The van der Waals surface area contributed by atoms with E-state index in [1.165, 1.54) is 14.2 Å². The molecule has 0 bridgehead atoms. The normalized spacial score (nSPS) is 14.7. The fraction of sp³-hybridized carbons (Fsp3) is 0.381. The topological polar surface area (TPSA) is 76.2 Å². The number of methoxy groups -OCH3 is 2. The fourth-order valence-electron chi connectivity index (χ4n) is 3.75. The molecule has 2 aromatic carbocycles. The number of rotatable bonds is 6. The van der Waals surface area contributed by atoms with Crippen LogP contribution in [0.1, 0.15) is 18.9 Å². The van der Waals surface area contributed by atoms with E-state index >= 15 is 0 Å². The Labute approximate surface area is 171 Å². The Kier molecular flexibility index (Phi) is 6.02. The van der Waals surface area contributed by atoms with Crippen LogP contribution in [0.5, 0.6) is 11.5 Å². The van der Waals surface area contributed by atoms with Crippen LogP contribution in [0.2, 0.25) is 0 Å². The number of carbonyl (C=O) groups excluding carboxylic acids is 1. The van der Waals surface area contributed by atoms with Crippen LogP contribution >= 0.6 is 0 Å². The van der Waals surface area contributed by atoms with Gasteiger partial charge in [0.15, 0.2) is 11.5 Å². The highest BCUT2D eigenvalue weighted by Crippen LogP contribution is 2.34. The second-order valence-electron chi connectivity index (χ2n) is 7.00. The third kappa shape index (κ3) is 4.17. The molecule has 0 radical (unpaired) electrons. The lowest BCUT2D eigenvalue weighted by molar-refractivity contribution is -0.119. The van der Waals surface area contributed by atoms with E-state index in [2.05, 4.69) is 0 Å². The van der Waals surface area contributed by atoms with Crippen LogP contribution < -0.4 is 18.7 Å². The van der Waals surface area contributed by atoms with Gasteiger partial charge in [-0.3, -0.25) is 9.10 Å². The minimum atomic E-state index is -3.73. The van der Waals surface area contributed by atoms with Gasteiger partial charge >= 0.3 is 0 Å². The van der Waals surface area contributed by atoms with Crippen molar-refractivity contribution < 1.29 is 22.7 Å². The van der Waals surface area contributed by atoms with Gasteiger partial charge in [0.2, 0.25) is 10.0 Å². The zero-order valence-electron chi connectivity index (χ0n) is 17.1. The Hall–Kier alpha value is -2.74. The van der Waals surface area contributed by atoms with E-state index in [4.69, 9.17) is 9.47 Å². The Morgan fingerprint density at radius 3 is 2.45 bits per heavy atom. The first-order valence-corrected chi connectivity index (χ1v) is 11.2. The first kappa shape index (κ1) is 21.0. The Morgan fingerprint density at radius 2 is 1.79 bits per heavy atom. The summed E-state index contributed by atoms with van der Waals surface area (Å²) in [5, 5.41) is 0. The molecule has 1 amide bonds. The molecule has 0 saturated carbocycles. The number of nitrogens with zero attached hydrogens (tertiary/aromatic N) is 2. The molecule has 1 heterocycles. The van der Waals surface area contributed by atoms with E-state index in [9.17, 15) is 13.2 Å². The lowest BCUT2D eigenvalue weighted by Gasteiger charge is -2.35. The number of fused-ring (bicyclic) bond motifs is 1. The molecule has 29 heavy (non-hydrogen) atoms. The summed E-state index contributed by atoms with van der Waals surface area (Å²) in [7, 11) is -0.750. The van der Waals surface area contributed by atoms with Crippen molar-refractivity contribution in [2.45, 2.75) is 25.8 Å². The number of hydrogen-bond donors (Lipinski definition) is 0. The van der Waals surface area contributed by atoms with Gasteiger partial charge in [0.1, 0.15) is 6.04 Å². The first-order valence-electron chi connectivity index (χ1n) is 9.38. The molecular weight excluding hydrogens is 392 g/mol. The number of carbonyl (C=O) groups is 1. The molecule has 8 heteroatoms. The van der Waals surface area contributed by atoms with E-state index in [1.807, 2.05) is 24.3 Å². The van der Waals surface area contributed by atoms with Gasteiger partial charge in [-0.2, -0.15) is 0 Å². The number of benzene rings is 2. The fourth-order valence-corrected chi connectivity index (χ4v) is 4.91. The molecule has 1 aliphatic rings. The summed E-state index contributed by atoms with van der Waals surface area (Å²) in [6, 6.07) is 11.6. The summed E-state index contributed by atoms with van der Waals surface area (Å²) in [4.78, 5) is 15.0. The minimum absolute atomic E-state index is 0.266. The quantitative estimate of drug-likeness (QED) is 0.721. The van der Waals surface area contributed by atoms with E-state index in [1.54, 1.807) is 30.0 Å². The van der Waals surface area contributed by atoms with Gasteiger partial charge in [0, 0.05) is 18.3 Å². The highest BCUT2D eigenvalue weighted by Gasteiger charge is 2.34. The van der Waals surface area contributed by atoms with Crippen molar-refractivity contribution in [3.05, 3.63) is 48.0 Å². The SMILES string of the molecule is COc1ccc(N([C@H](C)C(=O)N2CCCc3ccccc32)S(C)(=O)=O)cc1OC. The lowest BCUT2D eigenvalue weighted by atomic mass is 10.0. The highest BCUT2D eigenvalue weighted by atomic mass is 32.2. The van der Waals surface area contributed by atoms with Crippen molar-refractivity contribution in [3.63, 3.8) is 0 Å². The molecule has 0 unspecified atom stereocenters. The Bertz CT molecular complexity index is 1010. The molecule has 3 rings (SSSR count). The van der Waals surface area contributed by atoms with Crippen LogP contribution in [0.15, 0.2) is 42.5 Å². The zero-order valence-corrected chi connectivity index (χ0v) is 17.9. The van der Waals surface area contributed by atoms with Crippen molar-refractivity contribution in [2.75, 3.05) is 36.2 Å². The number of anilines is 2. The second-order valence-corrected chi connectivity index (χ2v) is 8.86. The molecule has 0 aliphatic carbocycles. The van der Waals surface area contributed by atoms with E-state index in [-0.39, 0.29) is 5.91 Å². The molecule has 0 aromatic heterocycles. The monoisotopic (exact) mass is 418 g/mol. The minimum Gasteiger partial charge on any atom is -0.493 e. The zero-order chi connectivity index (χ0) is 21.2. The average Bonchev–Trinajstić information content (AvgIpc) is 2.71. The van der Waals surface area contributed by atoms with Crippen LogP contribution in [0.4, 0.5) is 11.4 Å². The van der Waals surface area contributed by atoms with Gasteiger partial charge < -0.3 is 14.4 Å². The standard InChI is InChI=1S/C21H26N2O5S/c1-15(21(24)22-13-7-9-16-8-5-6-10-18(16)22)23(29(4,25)26)17-11-12-19(27-2)20(14-17)28-3/h5-6,8,10-12,14-15H,7,9,13H2,1-4H3/t15-/m1/s1. The van der Waals surface area contributed by atoms with Crippen LogP contribution in [0, 0.1) is 0 Å². The van der Waals surface area contributed by atoms with Crippen LogP contribution in [-0.2, 0) is 21.2 Å². The molecule has 156 valence electrons. The van der Waals surface area contributed by atoms with Gasteiger partial charge in [-0.15, -0.1) is 0 Å². The smallest absolute Gasteiger partial charge is 0.250 e. The third-order valence-electron chi connectivity index (χ3n) is 5.06. The van der Waals surface area contributed by atoms with E-state index in [0.717, 1.165) is 34.7 Å². The van der Waals surface area contributed by atoms with Crippen LogP contribution in [0.3, 0.4) is 0 Å². The van der Waals surface area contributed by atoms with E-state index in [0.29, 0.717) is 23.7 Å². The van der Waals surface area contributed by atoms with Crippen molar-refractivity contribution in [1.82, 2.24) is 0 Å². The number of ether oxygens (including phenoxy) is 2. The number of para-hydroxylation sites is 1. The summed E-state index contributed by atoms with van der Waals surface area (Å²) in [6.07, 6.45) is 2.84. The molecule has 7 nitrogen and oxygen atoms in total. The highest BCUT2D eigenvalue weighted by molar-refractivity contribution is 7.92. The number of sulfonamides is 1. The maximum Gasteiger partial charge on any atom is 0.250 e. The summed E-state index contributed by atoms with van der Waals surface area (Å²) in [5.74, 6) is 0.604. The van der Waals surface area contributed by atoms with Gasteiger partial charge in [-0.25, -0.2) is 8.42 Å². The molecule has 0 fully saturated rings. The maximum absolute atomic E-state index is 13.4. The number of aryl methyl sites for hydroxylation is 1. The van der Waals surface area contributed by atoms with E-state index < -0.39 is 16.1 Å². The van der Waals surface area contributed by atoms with Gasteiger partial charge in [-0.05, 0) is 43.5 Å². The second kappa shape index (κ2) is 8.32. The van der Waals surface area contributed by atoms with Crippen molar-refractivity contribution >= 4 is 27.3 Å². The Morgan fingerprint density at radius 1 is 1.10 bits per heavy atom. The summed E-state index contributed by atoms with van der Waals surface area (Å²) >= 11 is 0. The number of hydrogen-bond acceptors (Lipinski definition) is 5. The van der Waals surface area contributed by atoms with Crippen molar-refractivity contribution in [1.29, 1.82) is 0 Å². The molecule has 1 atom stereocenters. The van der Waals surface area contributed by atoms with Crippen LogP contribution in [-0.4, -0.2) is 47.4 Å². The molecule has 0 N–H and O–H groups in total.